The number of fused-ring (bicyclic) bond motifs is 1. The zero-order valence-electron chi connectivity index (χ0n) is 8.14. The zero-order valence-corrected chi connectivity index (χ0v) is 8.14. The lowest BCUT2D eigenvalue weighted by molar-refractivity contribution is -0.134. The Balaban J connectivity index is 2.62. The van der Waals surface area contributed by atoms with E-state index in [4.69, 9.17) is 5.11 Å². The van der Waals surface area contributed by atoms with Gasteiger partial charge in [-0.3, -0.25) is 4.98 Å². The lowest BCUT2D eigenvalue weighted by Crippen LogP contribution is -2.29. The normalized spacial score (nSPS) is 15.1. The smallest absolute Gasteiger partial charge is 0.356 e. The molecule has 1 aromatic heterocycles. The molecule has 15 heavy (non-hydrogen) atoms. The summed E-state index contributed by atoms with van der Waals surface area (Å²) >= 11 is 0. The van der Waals surface area contributed by atoms with Crippen LogP contribution in [0.15, 0.2) is 24.0 Å². The maximum atomic E-state index is 10.9. The first-order valence-corrected chi connectivity index (χ1v) is 4.43. The number of nitrogens with zero attached hydrogens (tertiary/aromatic N) is 2. The molecule has 0 aromatic carbocycles. The number of aliphatic hydroxyl groups excluding tert-OH is 1. The Morgan fingerprint density at radius 3 is 3.00 bits per heavy atom. The molecule has 1 aromatic rings. The van der Waals surface area contributed by atoms with E-state index >= 15 is 0 Å². The van der Waals surface area contributed by atoms with Crippen LogP contribution in [0, 0.1) is 0 Å². The van der Waals surface area contributed by atoms with Crippen molar-refractivity contribution in [1.29, 1.82) is 0 Å². The fourth-order valence-electron chi connectivity index (χ4n) is 1.67. The highest BCUT2D eigenvalue weighted by molar-refractivity contribution is 5.94. The molecule has 5 heteroatoms. The third-order valence-electron chi connectivity index (χ3n) is 2.33. The van der Waals surface area contributed by atoms with E-state index < -0.39 is 5.97 Å². The van der Waals surface area contributed by atoms with Crippen LogP contribution in [0.25, 0.3) is 5.76 Å². The Hall–Kier alpha value is -2.04. The van der Waals surface area contributed by atoms with E-state index in [2.05, 4.69) is 4.98 Å². The van der Waals surface area contributed by atoms with Gasteiger partial charge in [-0.2, -0.15) is 0 Å². The SMILES string of the molecule is CN1Cc2cccnc2C(O)=C1C(=O)O. The first kappa shape index (κ1) is 9.51. The summed E-state index contributed by atoms with van der Waals surface area (Å²) in [6.45, 7) is 0.439. The van der Waals surface area contributed by atoms with Gasteiger partial charge in [0.1, 0.15) is 5.69 Å². The number of aromatic nitrogens is 1. The van der Waals surface area contributed by atoms with Gasteiger partial charge in [-0.25, -0.2) is 4.79 Å². The summed E-state index contributed by atoms with van der Waals surface area (Å²) in [6, 6.07) is 3.57. The summed E-state index contributed by atoms with van der Waals surface area (Å²) in [6.07, 6.45) is 1.53. The number of carbonyl (C=O) groups is 1. The monoisotopic (exact) mass is 206 g/mol. The first-order chi connectivity index (χ1) is 7.11. The van der Waals surface area contributed by atoms with E-state index in [9.17, 15) is 9.90 Å². The summed E-state index contributed by atoms with van der Waals surface area (Å²) in [4.78, 5) is 16.4. The lowest BCUT2D eigenvalue weighted by atomic mass is 10.1. The lowest BCUT2D eigenvalue weighted by Gasteiger charge is -2.26. The van der Waals surface area contributed by atoms with E-state index in [-0.39, 0.29) is 11.5 Å². The van der Waals surface area contributed by atoms with E-state index in [0.717, 1.165) is 5.56 Å². The molecule has 2 heterocycles. The van der Waals surface area contributed by atoms with Crippen LogP contribution in [0.2, 0.25) is 0 Å². The van der Waals surface area contributed by atoms with Crippen molar-refractivity contribution in [3.05, 3.63) is 35.3 Å². The van der Waals surface area contributed by atoms with Gasteiger partial charge in [0.05, 0.1) is 0 Å². The molecule has 1 aliphatic rings. The Bertz CT molecular complexity index is 454. The van der Waals surface area contributed by atoms with Crippen molar-refractivity contribution in [2.45, 2.75) is 6.54 Å². The van der Waals surface area contributed by atoms with Gasteiger partial charge in [-0.05, 0) is 6.07 Å². The molecule has 2 N–H and O–H groups in total. The highest BCUT2D eigenvalue weighted by atomic mass is 16.4. The van der Waals surface area contributed by atoms with Gasteiger partial charge in [-0.15, -0.1) is 0 Å². The highest BCUT2D eigenvalue weighted by Gasteiger charge is 2.27. The molecule has 0 spiro atoms. The van der Waals surface area contributed by atoms with Gasteiger partial charge >= 0.3 is 5.97 Å². The fraction of sp³-hybridized carbons (Fsp3) is 0.200. The van der Waals surface area contributed by atoms with Crippen LogP contribution in [0.4, 0.5) is 0 Å². The minimum absolute atomic E-state index is 0.110. The number of hydrogen-bond donors (Lipinski definition) is 2. The molecule has 0 radical (unpaired) electrons. The highest BCUT2D eigenvalue weighted by Crippen LogP contribution is 2.26. The Morgan fingerprint density at radius 2 is 2.33 bits per heavy atom. The molecule has 0 atom stereocenters. The summed E-state index contributed by atoms with van der Waals surface area (Å²) in [7, 11) is 1.62. The van der Waals surface area contributed by atoms with E-state index in [1.54, 1.807) is 13.1 Å². The van der Waals surface area contributed by atoms with Crippen molar-refractivity contribution in [3.8, 4) is 0 Å². The van der Waals surface area contributed by atoms with Crippen LogP contribution in [-0.4, -0.2) is 33.1 Å². The predicted octanol–water partition coefficient (Wildman–Crippen LogP) is 0.838. The number of aliphatic carboxylic acids is 1. The minimum atomic E-state index is -1.15. The van der Waals surface area contributed by atoms with E-state index in [1.165, 1.54) is 11.1 Å². The van der Waals surface area contributed by atoms with Gasteiger partial charge in [0.2, 0.25) is 0 Å². The Morgan fingerprint density at radius 1 is 1.60 bits per heavy atom. The summed E-state index contributed by atoms with van der Waals surface area (Å²) in [5, 5.41) is 18.7. The number of carboxylic acids is 1. The molecule has 0 fully saturated rings. The van der Waals surface area contributed by atoms with Gasteiger partial charge < -0.3 is 15.1 Å². The van der Waals surface area contributed by atoms with Crippen molar-refractivity contribution >= 4 is 11.7 Å². The third kappa shape index (κ3) is 1.41. The molecule has 0 unspecified atom stereocenters. The molecule has 0 saturated carbocycles. The van der Waals surface area contributed by atoms with Gasteiger partial charge in [0.15, 0.2) is 11.5 Å². The predicted molar refractivity (Wildman–Crippen MR) is 52.9 cm³/mol. The fourth-order valence-corrected chi connectivity index (χ4v) is 1.67. The van der Waals surface area contributed by atoms with Gasteiger partial charge in [0.25, 0.3) is 0 Å². The standard InChI is InChI=1S/C10H10N2O3/c1-12-5-6-3-2-4-11-7(6)9(13)8(12)10(14)15/h2-4,13H,5H2,1H3,(H,14,15). The topological polar surface area (TPSA) is 73.7 Å². The number of pyridine rings is 1. The second-order valence-electron chi connectivity index (χ2n) is 3.37. The number of carboxylic acid groups (broad SMARTS) is 1. The molecule has 0 aliphatic carbocycles. The molecule has 2 rings (SSSR count). The Labute approximate surface area is 86.3 Å². The molecule has 5 nitrogen and oxygen atoms in total. The van der Waals surface area contributed by atoms with Gasteiger partial charge in [0, 0.05) is 25.4 Å². The molecular weight excluding hydrogens is 196 g/mol. The van der Waals surface area contributed by atoms with Crippen LogP contribution in [0.3, 0.4) is 0 Å². The minimum Gasteiger partial charge on any atom is -0.504 e. The summed E-state index contributed by atoms with van der Waals surface area (Å²) in [5.74, 6) is -1.42. The van der Waals surface area contributed by atoms with Crippen molar-refractivity contribution in [2.24, 2.45) is 0 Å². The van der Waals surface area contributed by atoms with Crippen molar-refractivity contribution in [3.63, 3.8) is 0 Å². The van der Waals surface area contributed by atoms with Crippen molar-refractivity contribution in [2.75, 3.05) is 7.05 Å². The van der Waals surface area contributed by atoms with Gasteiger partial charge in [-0.1, -0.05) is 6.07 Å². The van der Waals surface area contributed by atoms with Crippen molar-refractivity contribution < 1.29 is 15.0 Å². The quantitative estimate of drug-likeness (QED) is 0.712. The molecule has 0 bridgehead atoms. The van der Waals surface area contributed by atoms with Crippen LogP contribution in [-0.2, 0) is 11.3 Å². The molecule has 1 aliphatic heterocycles. The summed E-state index contributed by atoms with van der Waals surface area (Å²) in [5.41, 5.74) is 1.07. The largest absolute Gasteiger partial charge is 0.504 e. The molecule has 0 saturated heterocycles. The average Bonchev–Trinajstić information content (AvgIpc) is 2.17. The number of rotatable bonds is 1. The molecule has 0 amide bonds. The second-order valence-corrected chi connectivity index (χ2v) is 3.37. The number of aliphatic hydroxyl groups is 1. The second kappa shape index (κ2) is 3.27. The average molecular weight is 206 g/mol. The Kier molecular flexibility index (Phi) is 2.07. The van der Waals surface area contributed by atoms with E-state index in [0.29, 0.717) is 12.2 Å². The van der Waals surface area contributed by atoms with Crippen LogP contribution in [0.1, 0.15) is 11.3 Å². The molecular formula is C10H10N2O3. The third-order valence-corrected chi connectivity index (χ3v) is 2.33. The first-order valence-electron chi connectivity index (χ1n) is 4.43. The maximum absolute atomic E-state index is 10.9. The number of likely N-dealkylation sites (N-methyl/N-ethyl adjacent to an activating group) is 1. The van der Waals surface area contributed by atoms with Crippen LogP contribution in [0.5, 0.6) is 0 Å². The maximum Gasteiger partial charge on any atom is 0.356 e. The zero-order chi connectivity index (χ0) is 11.0. The van der Waals surface area contributed by atoms with Crippen molar-refractivity contribution in [1.82, 2.24) is 9.88 Å². The van der Waals surface area contributed by atoms with E-state index in [1.807, 2.05) is 6.07 Å². The molecule has 78 valence electrons. The van der Waals surface area contributed by atoms with Crippen LogP contribution < -0.4 is 0 Å². The summed E-state index contributed by atoms with van der Waals surface area (Å²) < 4.78 is 0. The number of hydrogen-bond acceptors (Lipinski definition) is 4. The van der Waals surface area contributed by atoms with Crippen LogP contribution >= 0.6 is 0 Å².